The zero-order valence-corrected chi connectivity index (χ0v) is 12.6. The SMILES string of the molecule is COCCN1CCC(NC(=O)COc2ccccc2)CC1. The average molecular weight is 292 g/mol. The van der Waals surface area contributed by atoms with E-state index >= 15 is 0 Å². The van der Waals surface area contributed by atoms with E-state index < -0.39 is 0 Å². The van der Waals surface area contributed by atoms with E-state index in [1.54, 1.807) is 7.11 Å². The summed E-state index contributed by atoms with van der Waals surface area (Å²) < 4.78 is 10.5. The van der Waals surface area contributed by atoms with E-state index in [9.17, 15) is 4.79 Å². The van der Waals surface area contributed by atoms with Gasteiger partial charge in [-0.25, -0.2) is 0 Å². The first-order valence-electron chi connectivity index (χ1n) is 7.46. The molecule has 0 unspecified atom stereocenters. The highest BCUT2D eigenvalue weighted by atomic mass is 16.5. The van der Waals surface area contributed by atoms with Gasteiger partial charge in [0.2, 0.25) is 0 Å². The van der Waals surface area contributed by atoms with Crippen LogP contribution < -0.4 is 10.1 Å². The second-order valence-electron chi connectivity index (χ2n) is 5.28. The molecule has 0 saturated carbocycles. The molecule has 1 aliphatic rings. The van der Waals surface area contributed by atoms with Gasteiger partial charge in [0, 0.05) is 32.8 Å². The van der Waals surface area contributed by atoms with Gasteiger partial charge in [0.1, 0.15) is 5.75 Å². The molecule has 0 bridgehead atoms. The number of hydrogen-bond donors (Lipinski definition) is 1. The number of carbonyl (C=O) groups is 1. The molecule has 0 spiro atoms. The summed E-state index contributed by atoms with van der Waals surface area (Å²) in [5.74, 6) is 0.677. The van der Waals surface area contributed by atoms with E-state index in [2.05, 4.69) is 10.2 Å². The van der Waals surface area contributed by atoms with E-state index in [0.717, 1.165) is 44.8 Å². The van der Waals surface area contributed by atoms with Crippen LogP contribution >= 0.6 is 0 Å². The summed E-state index contributed by atoms with van der Waals surface area (Å²) in [4.78, 5) is 14.2. The Bertz CT molecular complexity index is 417. The molecule has 0 atom stereocenters. The van der Waals surface area contributed by atoms with Crippen LogP contribution in [0.25, 0.3) is 0 Å². The molecule has 1 aromatic rings. The van der Waals surface area contributed by atoms with Crippen LogP contribution in [0.2, 0.25) is 0 Å². The van der Waals surface area contributed by atoms with Gasteiger partial charge in [-0.2, -0.15) is 0 Å². The number of likely N-dealkylation sites (tertiary alicyclic amines) is 1. The van der Waals surface area contributed by atoms with Crippen molar-refractivity contribution in [1.29, 1.82) is 0 Å². The molecule has 1 aromatic carbocycles. The second kappa shape index (κ2) is 8.64. The highest BCUT2D eigenvalue weighted by Gasteiger charge is 2.20. The molecular weight excluding hydrogens is 268 g/mol. The molecule has 1 aliphatic heterocycles. The highest BCUT2D eigenvalue weighted by molar-refractivity contribution is 5.77. The van der Waals surface area contributed by atoms with Gasteiger partial charge in [-0.05, 0) is 25.0 Å². The molecule has 5 nitrogen and oxygen atoms in total. The second-order valence-corrected chi connectivity index (χ2v) is 5.28. The Balaban J connectivity index is 1.63. The molecule has 0 radical (unpaired) electrons. The zero-order chi connectivity index (χ0) is 14.9. The number of piperidine rings is 1. The van der Waals surface area contributed by atoms with Gasteiger partial charge in [0.15, 0.2) is 6.61 Å². The van der Waals surface area contributed by atoms with Gasteiger partial charge in [-0.15, -0.1) is 0 Å². The predicted octanol–water partition coefficient (Wildman–Crippen LogP) is 1.29. The molecule has 21 heavy (non-hydrogen) atoms. The Labute approximate surface area is 126 Å². The Hall–Kier alpha value is -1.59. The summed E-state index contributed by atoms with van der Waals surface area (Å²) in [7, 11) is 1.72. The lowest BCUT2D eigenvalue weighted by molar-refractivity contribution is -0.124. The normalized spacial score (nSPS) is 16.6. The van der Waals surface area contributed by atoms with Crippen LogP contribution in [0.4, 0.5) is 0 Å². The number of benzene rings is 1. The quantitative estimate of drug-likeness (QED) is 0.823. The minimum Gasteiger partial charge on any atom is -0.484 e. The fourth-order valence-corrected chi connectivity index (χ4v) is 2.46. The number of carbonyl (C=O) groups excluding carboxylic acids is 1. The molecule has 1 saturated heterocycles. The summed E-state index contributed by atoms with van der Waals surface area (Å²) in [5, 5.41) is 3.04. The van der Waals surface area contributed by atoms with Crippen LogP contribution in [0.5, 0.6) is 5.75 Å². The fourth-order valence-electron chi connectivity index (χ4n) is 2.46. The molecule has 0 aliphatic carbocycles. The molecule has 1 fully saturated rings. The third kappa shape index (κ3) is 5.73. The number of hydrogen-bond acceptors (Lipinski definition) is 4. The van der Waals surface area contributed by atoms with Crippen molar-refractivity contribution >= 4 is 5.91 Å². The van der Waals surface area contributed by atoms with Crippen LogP contribution in [-0.4, -0.2) is 56.8 Å². The fraction of sp³-hybridized carbons (Fsp3) is 0.562. The standard InChI is InChI=1S/C16H24N2O3/c1-20-12-11-18-9-7-14(8-10-18)17-16(19)13-21-15-5-3-2-4-6-15/h2-6,14H,7-13H2,1H3,(H,17,19). The Morgan fingerprint density at radius 1 is 1.29 bits per heavy atom. The number of ether oxygens (including phenoxy) is 2. The number of methoxy groups -OCH3 is 1. The first-order valence-corrected chi connectivity index (χ1v) is 7.46. The monoisotopic (exact) mass is 292 g/mol. The maximum Gasteiger partial charge on any atom is 0.258 e. The molecule has 1 heterocycles. The predicted molar refractivity (Wildman–Crippen MR) is 81.4 cm³/mol. The van der Waals surface area contributed by atoms with Crippen LogP contribution in [0.3, 0.4) is 0 Å². The average Bonchev–Trinajstić information content (AvgIpc) is 2.53. The van der Waals surface area contributed by atoms with Crippen molar-refractivity contribution < 1.29 is 14.3 Å². The number of para-hydroxylation sites is 1. The van der Waals surface area contributed by atoms with Crippen molar-refractivity contribution in [2.45, 2.75) is 18.9 Å². The number of nitrogens with one attached hydrogen (secondary N) is 1. The zero-order valence-electron chi connectivity index (χ0n) is 12.6. The van der Waals surface area contributed by atoms with Gasteiger partial charge in [-0.1, -0.05) is 18.2 Å². The van der Waals surface area contributed by atoms with Crippen molar-refractivity contribution in [3.63, 3.8) is 0 Å². The van der Waals surface area contributed by atoms with Crippen molar-refractivity contribution in [2.75, 3.05) is 40.0 Å². The summed E-state index contributed by atoms with van der Waals surface area (Å²) in [6.45, 7) is 3.83. The van der Waals surface area contributed by atoms with Crippen LogP contribution in [0.15, 0.2) is 30.3 Å². The van der Waals surface area contributed by atoms with E-state index in [0.29, 0.717) is 0 Å². The van der Waals surface area contributed by atoms with Gasteiger partial charge >= 0.3 is 0 Å². The number of amides is 1. The van der Waals surface area contributed by atoms with Crippen LogP contribution in [-0.2, 0) is 9.53 Å². The maximum absolute atomic E-state index is 11.9. The molecular formula is C16H24N2O3. The topological polar surface area (TPSA) is 50.8 Å². The van der Waals surface area contributed by atoms with Gasteiger partial charge in [0.05, 0.1) is 6.61 Å². The van der Waals surface area contributed by atoms with Crippen LogP contribution in [0, 0.1) is 0 Å². The van der Waals surface area contributed by atoms with Crippen molar-refractivity contribution in [3.8, 4) is 5.75 Å². The lowest BCUT2D eigenvalue weighted by atomic mass is 10.1. The summed E-state index contributed by atoms with van der Waals surface area (Å²) in [5.41, 5.74) is 0. The third-order valence-electron chi connectivity index (χ3n) is 3.68. The van der Waals surface area contributed by atoms with Crippen molar-refractivity contribution in [2.24, 2.45) is 0 Å². The first kappa shape index (κ1) is 15.8. The van der Waals surface area contributed by atoms with E-state index in [1.807, 2.05) is 30.3 Å². The van der Waals surface area contributed by atoms with E-state index in [4.69, 9.17) is 9.47 Å². The maximum atomic E-state index is 11.9. The summed E-state index contributed by atoms with van der Waals surface area (Å²) in [6, 6.07) is 9.66. The van der Waals surface area contributed by atoms with Crippen molar-refractivity contribution in [3.05, 3.63) is 30.3 Å². The summed E-state index contributed by atoms with van der Waals surface area (Å²) in [6.07, 6.45) is 1.97. The molecule has 116 valence electrons. The van der Waals surface area contributed by atoms with Crippen molar-refractivity contribution in [1.82, 2.24) is 10.2 Å². The summed E-state index contributed by atoms with van der Waals surface area (Å²) >= 11 is 0. The van der Waals surface area contributed by atoms with E-state index in [1.165, 1.54) is 0 Å². The first-order chi connectivity index (χ1) is 10.3. The number of nitrogens with zero attached hydrogens (tertiary/aromatic N) is 1. The minimum atomic E-state index is -0.0470. The lowest BCUT2D eigenvalue weighted by Gasteiger charge is -2.32. The Morgan fingerprint density at radius 2 is 2.00 bits per heavy atom. The lowest BCUT2D eigenvalue weighted by Crippen LogP contribution is -2.46. The number of rotatable bonds is 7. The molecule has 2 rings (SSSR count). The van der Waals surface area contributed by atoms with Crippen LogP contribution in [0.1, 0.15) is 12.8 Å². The van der Waals surface area contributed by atoms with Gasteiger partial charge in [0.25, 0.3) is 5.91 Å². The van der Waals surface area contributed by atoms with E-state index in [-0.39, 0.29) is 18.6 Å². The highest BCUT2D eigenvalue weighted by Crippen LogP contribution is 2.11. The van der Waals surface area contributed by atoms with Gasteiger partial charge < -0.3 is 19.7 Å². The minimum absolute atomic E-state index is 0.0470. The Morgan fingerprint density at radius 3 is 2.67 bits per heavy atom. The Kier molecular flexibility index (Phi) is 6.50. The van der Waals surface area contributed by atoms with Gasteiger partial charge in [-0.3, -0.25) is 4.79 Å². The molecule has 1 amide bonds. The molecule has 1 N–H and O–H groups in total. The molecule has 5 heteroatoms. The largest absolute Gasteiger partial charge is 0.484 e. The third-order valence-corrected chi connectivity index (χ3v) is 3.68. The molecule has 0 aromatic heterocycles. The smallest absolute Gasteiger partial charge is 0.258 e.